The van der Waals surface area contributed by atoms with Gasteiger partial charge in [-0.05, 0) is 67.3 Å². The van der Waals surface area contributed by atoms with Crippen molar-refractivity contribution in [1.82, 2.24) is 0 Å². The van der Waals surface area contributed by atoms with Crippen LogP contribution in [-0.2, 0) is 6.42 Å². The normalized spacial score (nSPS) is 12.2. The molecule has 19 heavy (non-hydrogen) atoms. The molecule has 1 unspecified atom stereocenters. The van der Waals surface area contributed by atoms with Gasteiger partial charge >= 0.3 is 0 Å². The van der Waals surface area contributed by atoms with Crippen molar-refractivity contribution < 1.29 is 9.84 Å². The number of aliphatic hydroxyl groups excluding tert-OH is 1. The van der Waals surface area contributed by atoms with Crippen LogP contribution in [-0.4, -0.2) is 12.2 Å². The summed E-state index contributed by atoms with van der Waals surface area (Å²) in [4.78, 5) is 0. The highest BCUT2D eigenvalue weighted by atomic mass is 79.9. The number of rotatable bonds is 4. The van der Waals surface area contributed by atoms with Crippen LogP contribution in [0.5, 0.6) is 5.75 Å². The molecule has 0 aliphatic carbocycles. The predicted octanol–water partition coefficient (Wildman–Crippen LogP) is 4.50. The maximum absolute atomic E-state index is 10.3. The van der Waals surface area contributed by atoms with E-state index in [2.05, 4.69) is 31.9 Å². The van der Waals surface area contributed by atoms with Crippen LogP contribution in [0.1, 0.15) is 17.2 Å². The third-order valence-electron chi connectivity index (χ3n) is 2.89. The summed E-state index contributed by atoms with van der Waals surface area (Å²) in [7, 11) is 1.64. The quantitative estimate of drug-likeness (QED) is 0.839. The number of aliphatic hydroxyl groups is 1. The fourth-order valence-corrected chi connectivity index (χ4v) is 2.50. The molecule has 100 valence electrons. The lowest BCUT2D eigenvalue weighted by atomic mass is 10.0. The minimum absolute atomic E-state index is 0.531. The Morgan fingerprint density at radius 2 is 1.89 bits per heavy atom. The number of benzene rings is 2. The molecule has 0 bridgehead atoms. The molecule has 0 heterocycles. The fourth-order valence-electron chi connectivity index (χ4n) is 1.86. The topological polar surface area (TPSA) is 29.5 Å². The first kappa shape index (κ1) is 14.6. The average Bonchev–Trinajstić information content (AvgIpc) is 2.42. The van der Waals surface area contributed by atoms with E-state index in [1.54, 1.807) is 7.11 Å². The molecule has 0 amide bonds. The lowest BCUT2D eigenvalue weighted by molar-refractivity contribution is 0.178. The van der Waals surface area contributed by atoms with Crippen molar-refractivity contribution in [3.8, 4) is 5.75 Å². The second-order valence-electron chi connectivity index (χ2n) is 4.24. The highest BCUT2D eigenvalue weighted by Crippen LogP contribution is 2.28. The van der Waals surface area contributed by atoms with Crippen molar-refractivity contribution in [1.29, 1.82) is 0 Å². The van der Waals surface area contributed by atoms with Crippen LogP contribution in [0.15, 0.2) is 51.4 Å². The minimum atomic E-state index is -0.531. The summed E-state index contributed by atoms with van der Waals surface area (Å²) in [6.45, 7) is 0. The molecule has 1 atom stereocenters. The van der Waals surface area contributed by atoms with Crippen LogP contribution in [0.25, 0.3) is 0 Å². The van der Waals surface area contributed by atoms with Gasteiger partial charge in [-0.25, -0.2) is 0 Å². The number of hydrogen-bond acceptors (Lipinski definition) is 2. The summed E-state index contributed by atoms with van der Waals surface area (Å²) in [5.41, 5.74) is 1.93. The van der Waals surface area contributed by atoms with Crippen LogP contribution in [0.4, 0.5) is 0 Å². The van der Waals surface area contributed by atoms with Gasteiger partial charge in [-0.3, -0.25) is 0 Å². The summed E-state index contributed by atoms with van der Waals surface area (Å²) in [5.74, 6) is 0.807. The van der Waals surface area contributed by atoms with E-state index in [1.165, 1.54) is 0 Å². The van der Waals surface area contributed by atoms with Crippen LogP contribution < -0.4 is 4.74 Å². The molecule has 0 saturated heterocycles. The number of ether oxygens (including phenoxy) is 1. The minimum Gasteiger partial charge on any atom is -0.497 e. The Hall–Kier alpha value is -0.840. The molecule has 0 aliphatic heterocycles. The Balaban J connectivity index is 2.15. The molecule has 2 nitrogen and oxygen atoms in total. The van der Waals surface area contributed by atoms with Gasteiger partial charge in [0.15, 0.2) is 0 Å². The average molecular weight is 386 g/mol. The zero-order valence-corrected chi connectivity index (χ0v) is 13.6. The Kier molecular flexibility index (Phi) is 5.02. The van der Waals surface area contributed by atoms with Crippen molar-refractivity contribution in [2.75, 3.05) is 7.11 Å². The summed E-state index contributed by atoms with van der Waals surface area (Å²) < 4.78 is 7.10. The van der Waals surface area contributed by atoms with Crippen LogP contribution in [0.2, 0.25) is 0 Å². The van der Waals surface area contributed by atoms with E-state index < -0.39 is 6.10 Å². The van der Waals surface area contributed by atoms with Gasteiger partial charge in [0.05, 0.1) is 13.2 Å². The zero-order chi connectivity index (χ0) is 13.8. The van der Waals surface area contributed by atoms with Gasteiger partial charge in [0, 0.05) is 15.4 Å². The van der Waals surface area contributed by atoms with Crippen LogP contribution in [0.3, 0.4) is 0 Å². The third kappa shape index (κ3) is 3.81. The van der Waals surface area contributed by atoms with E-state index in [4.69, 9.17) is 4.74 Å². The van der Waals surface area contributed by atoms with E-state index >= 15 is 0 Å². The highest BCUT2D eigenvalue weighted by molar-refractivity contribution is 9.13. The molecule has 0 fully saturated rings. The smallest absolute Gasteiger partial charge is 0.119 e. The summed E-state index contributed by atoms with van der Waals surface area (Å²) >= 11 is 6.86. The lowest BCUT2D eigenvalue weighted by Gasteiger charge is -2.12. The van der Waals surface area contributed by atoms with Gasteiger partial charge in [-0.2, -0.15) is 0 Å². The highest BCUT2D eigenvalue weighted by Gasteiger charge is 2.10. The van der Waals surface area contributed by atoms with Crippen molar-refractivity contribution in [2.45, 2.75) is 12.5 Å². The molecule has 0 saturated carbocycles. The van der Waals surface area contributed by atoms with Gasteiger partial charge in [-0.1, -0.05) is 18.2 Å². The monoisotopic (exact) mass is 384 g/mol. The Labute approximate surface area is 129 Å². The molecular formula is C15H14Br2O2. The first-order chi connectivity index (χ1) is 9.10. The standard InChI is InChI=1S/C15H14Br2O2/c1-19-12-4-2-3-10(7-12)8-15(18)11-5-6-13(16)14(17)9-11/h2-7,9,15,18H,8H2,1H3. The molecule has 2 aromatic rings. The van der Waals surface area contributed by atoms with Crippen molar-refractivity contribution in [2.24, 2.45) is 0 Å². The second-order valence-corrected chi connectivity index (χ2v) is 5.95. The molecular weight excluding hydrogens is 372 g/mol. The van der Waals surface area contributed by atoms with E-state index in [1.807, 2.05) is 42.5 Å². The maximum Gasteiger partial charge on any atom is 0.119 e. The maximum atomic E-state index is 10.3. The lowest BCUT2D eigenvalue weighted by Crippen LogP contribution is -2.02. The van der Waals surface area contributed by atoms with Crippen LogP contribution >= 0.6 is 31.9 Å². The molecule has 2 aromatic carbocycles. The van der Waals surface area contributed by atoms with Gasteiger partial charge in [0.2, 0.25) is 0 Å². The second kappa shape index (κ2) is 6.55. The largest absolute Gasteiger partial charge is 0.497 e. The molecule has 2 rings (SSSR count). The fraction of sp³-hybridized carbons (Fsp3) is 0.200. The number of halogens is 2. The van der Waals surface area contributed by atoms with Crippen molar-refractivity contribution >= 4 is 31.9 Å². The SMILES string of the molecule is COc1cccc(CC(O)c2ccc(Br)c(Br)c2)c1. The molecule has 4 heteroatoms. The van der Waals surface area contributed by atoms with Crippen molar-refractivity contribution in [3.05, 3.63) is 62.5 Å². The Bertz CT molecular complexity index is 570. The number of methoxy groups -OCH3 is 1. The van der Waals surface area contributed by atoms with E-state index in [-0.39, 0.29) is 0 Å². The predicted molar refractivity (Wildman–Crippen MR) is 83.5 cm³/mol. The molecule has 1 N–H and O–H groups in total. The molecule has 0 spiro atoms. The Morgan fingerprint density at radius 3 is 2.58 bits per heavy atom. The van der Waals surface area contributed by atoms with Gasteiger partial charge in [0.1, 0.15) is 5.75 Å². The zero-order valence-electron chi connectivity index (χ0n) is 10.4. The van der Waals surface area contributed by atoms with Gasteiger partial charge in [-0.15, -0.1) is 0 Å². The molecule has 0 aromatic heterocycles. The van der Waals surface area contributed by atoms with Gasteiger partial charge in [0.25, 0.3) is 0 Å². The molecule has 0 radical (unpaired) electrons. The summed E-state index contributed by atoms with van der Waals surface area (Å²) in [6, 6.07) is 13.5. The van der Waals surface area contributed by atoms with Crippen molar-refractivity contribution in [3.63, 3.8) is 0 Å². The summed E-state index contributed by atoms with van der Waals surface area (Å²) in [5, 5.41) is 10.3. The van der Waals surface area contributed by atoms with Crippen LogP contribution in [0, 0.1) is 0 Å². The molecule has 0 aliphatic rings. The van der Waals surface area contributed by atoms with Gasteiger partial charge < -0.3 is 9.84 Å². The summed E-state index contributed by atoms with van der Waals surface area (Å²) in [6.07, 6.45) is 0.0298. The van der Waals surface area contributed by atoms with E-state index in [9.17, 15) is 5.11 Å². The first-order valence-electron chi connectivity index (χ1n) is 5.86. The first-order valence-corrected chi connectivity index (χ1v) is 7.44. The third-order valence-corrected chi connectivity index (χ3v) is 4.77. The Morgan fingerprint density at radius 1 is 1.11 bits per heavy atom. The number of hydrogen-bond donors (Lipinski definition) is 1. The van der Waals surface area contributed by atoms with E-state index in [0.717, 1.165) is 25.8 Å². The van der Waals surface area contributed by atoms with E-state index in [0.29, 0.717) is 6.42 Å².